The molecule has 0 N–H and O–H groups in total. The van der Waals surface area contributed by atoms with E-state index in [1.807, 2.05) is 29.4 Å². The molecular weight excluding hydrogens is 280 g/mol. The fourth-order valence-corrected chi connectivity index (χ4v) is 3.16. The van der Waals surface area contributed by atoms with Crippen LogP contribution >= 0.6 is 0 Å². The number of hydrogen-bond donors (Lipinski definition) is 0. The number of piperazine rings is 1. The number of carbonyl (C=O) groups excluding carboxylic acids is 2. The summed E-state index contributed by atoms with van der Waals surface area (Å²) in [4.78, 5) is 34.0. The molecule has 22 heavy (non-hydrogen) atoms. The smallest absolute Gasteiger partial charge is 0.228 e. The van der Waals surface area contributed by atoms with E-state index in [9.17, 15) is 9.59 Å². The van der Waals surface area contributed by atoms with Crippen molar-refractivity contribution in [1.82, 2.24) is 19.7 Å². The Kier molecular flexibility index (Phi) is 4.38. The van der Waals surface area contributed by atoms with Crippen molar-refractivity contribution in [2.75, 3.05) is 39.8 Å². The minimum Gasteiger partial charge on any atom is -0.345 e. The van der Waals surface area contributed by atoms with Crippen LogP contribution in [0.1, 0.15) is 12.0 Å². The minimum atomic E-state index is -0.149. The predicted octanol–water partition coefficient (Wildman–Crippen LogP) is 0.204. The second-order valence-electron chi connectivity index (χ2n) is 6.13. The first-order valence-electron chi connectivity index (χ1n) is 7.77. The summed E-state index contributed by atoms with van der Waals surface area (Å²) in [6.45, 7) is 4.72. The maximum atomic E-state index is 12.5. The van der Waals surface area contributed by atoms with Gasteiger partial charge in [-0.25, -0.2) is 0 Å². The zero-order valence-corrected chi connectivity index (χ0v) is 12.9. The fourth-order valence-electron chi connectivity index (χ4n) is 3.16. The van der Waals surface area contributed by atoms with Crippen LogP contribution in [-0.4, -0.2) is 71.3 Å². The molecule has 0 spiro atoms. The summed E-state index contributed by atoms with van der Waals surface area (Å²) in [6.07, 6.45) is 3.98. The topological polar surface area (TPSA) is 56.8 Å². The first-order chi connectivity index (χ1) is 10.6. The molecule has 2 fully saturated rings. The molecule has 118 valence electrons. The van der Waals surface area contributed by atoms with Crippen LogP contribution in [0, 0.1) is 5.92 Å². The number of likely N-dealkylation sites (tertiary alicyclic amines) is 1. The molecule has 1 unspecified atom stereocenters. The molecule has 0 aromatic carbocycles. The molecule has 2 aliphatic rings. The normalized spacial score (nSPS) is 23.1. The molecule has 3 rings (SSSR count). The molecule has 0 bridgehead atoms. The number of carbonyl (C=O) groups is 2. The highest BCUT2D eigenvalue weighted by molar-refractivity contribution is 5.89. The highest BCUT2D eigenvalue weighted by atomic mass is 16.2. The van der Waals surface area contributed by atoms with Gasteiger partial charge >= 0.3 is 0 Å². The minimum absolute atomic E-state index is 0.0784. The Morgan fingerprint density at radius 3 is 2.50 bits per heavy atom. The second-order valence-corrected chi connectivity index (χ2v) is 6.13. The molecular formula is C16H22N4O2. The molecule has 1 atom stereocenters. The molecule has 3 heterocycles. The molecule has 0 radical (unpaired) electrons. The summed E-state index contributed by atoms with van der Waals surface area (Å²) in [7, 11) is 1.77. The van der Waals surface area contributed by atoms with Crippen LogP contribution in [0.25, 0.3) is 0 Å². The summed E-state index contributed by atoms with van der Waals surface area (Å²) in [6, 6.07) is 4.05. The van der Waals surface area contributed by atoms with Crippen molar-refractivity contribution < 1.29 is 9.59 Å². The quantitative estimate of drug-likeness (QED) is 0.801. The van der Waals surface area contributed by atoms with Gasteiger partial charge in [-0.05, 0) is 17.7 Å². The van der Waals surface area contributed by atoms with Crippen molar-refractivity contribution in [3.05, 3.63) is 30.1 Å². The SMILES string of the molecule is CN1CC(C(=O)N2CCN(Cc3ccncc3)CC2)CC1=O. The zero-order chi connectivity index (χ0) is 15.5. The number of aromatic nitrogens is 1. The number of hydrogen-bond acceptors (Lipinski definition) is 4. The van der Waals surface area contributed by atoms with Crippen molar-refractivity contribution in [3.8, 4) is 0 Å². The van der Waals surface area contributed by atoms with Gasteiger partial charge in [0, 0.05) is 65.1 Å². The molecule has 0 aliphatic carbocycles. The first kappa shape index (κ1) is 15.0. The van der Waals surface area contributed by atoms with E-state index in [1.165, 1.54) is 5.56 Å². The average molecular weight is 302 g/mol. The Morgan fingerprint density at radius 1 is 1.23 bits per heavy atom. The molecule has 2 saturated heterocycles. The lowest BCUT2D eigenvalue weighted by molar-refractivity contribution is -0.137. The lowest BCUT2D eigenvalue weighted by Crippen LogP contribution is -2.50. The Hall–Kier alpha value is -1.95. The Labute approximate surface area is 130 Å². The summed E-state index contributed by atoms with van der Waals surface area (Å²) in [5, 5.41) is 0. The van der Waals surface area contributed by atoms with E-state index in [1.54, 1.807) is 11.9 Å². The van der Waals surface area contributed by atoms with Gasteiger partial charge in [-0.1, -0.05) is 0 Å². The standard InChI is InChI=1S/C16H22N4O2/c1-18-12-14(10-15(18)21)16(22)20-8-6-19(7-9-20)11-13-2-4-17-5-3-13/h2-5,14H,6-12H2,1H3. The third-order valence-corrected chi connectivity index (χ3v) is 4.53. The van der Waals surface area contributed by atoms with E-state index in [2.05, 4.69) is 9.88 Å². The predicted molar refractivity (Wildman–Crippen MR) is 81.8 cm³/mol. The number of nitrogens with zero attached hydrogens (tertiary/aromatic N) is 4. The van der Waals surface area contributed by atoms with Crippen LogP contribution < -0.4 is 0 Å². The summed E-state index contributed by atoms with van der Waals surface area (Å²) >= 11 is 0. The number of rotatable bonds is 3. The van der Waals surface area contributed by atoms with Crippen molar-refractivity contribution >= 4 is 11.8 Å². The van der Waals surface area contributed by atoms with Crippen molar-refractivity contribution in [2.45, 2.75) is 13.0 Å². The second kappa shape index (κ2) is 6.44. The van der Waals surface area contributed by atoms with E-state index in [0.717, 1.165) is 32.7 Å². The molecule has 2 amide bonds. The Bertz CT molecular complexity index is 540. The lowest BCUT2D eigenvalue weighted by Gasteiger charge is -2.35. The van der Waals surface area contributed by atoms with Gasteiger partial charge in [0.05, 0.1) is 5.92 Å². The molecule has 2 aliphatic heterocycles. The van der Waals surface area contributed by atoms with Gasteiger partial charge in [0.2, 0.25) is 11.8 Å². The highest BCUT2D eigenvalue weighted by Gasteiger charge is 2.35. The van der Waals surface area contributed by atoms with Gasteiger partial charge in [0.1, 0.15) is 0 Å². The first-order valence-corrected chi connectivity index (χ1v) is 7.77. The van der Waals surface area contributed by atoms with Crippen molar-refractivity contribution in [3.63, 3.8) is 0 Å². The van der Waals surface area contributed by atoms with Gasteiger partial charge in [0.25, 0.3) is 0 Å². The van der Waals surface area contributed by atoms with Crippen LogP contribution in [0.4, 0.5) is 0 Å². The maximum Gasteiger partial charge on any atom is 0.228 e. The number of pyridine rings is 1. The van der Waals surface area contributed by atoms with Gasteiger partial charge in [-0.2, -0.15) is 0 Å². The molecule has 0 saturated carbocycles. The monoisotopic (exact) mass is 302 g/mol. The molecule has 6 nitrogen and oxygen atoms in total. The summed E-state index contributed by atoms with van der Waals surface area (Å²) in [5.41, 5.74) is 1.25. The zero-order valence-electron chi connectivity index (χ0n) is 12.9. The third kappa shape index (κ3) is 3.27. The third-order valence-electron chi connectivity index (χ3n) is 4.53. The van der Waals surface area contributed by atoms with Crippen LogP contribution in [0.2, 0.25) is 0 Å². The van der Waals surface area contributed by atoms with Gasteiger partial charge in [-0.3, -0.25) is 19.5 Å². The molecule has 1 aromatic rings. The van der Waals surface area contributed by atoms with Crippen molar-refractivity contribution in [2.24, 2.45) is 5.92 Å². The summed E-state index contributed by atoms with van der Waals surface area (Å²) in [5.74, 6) is 0.0696. The van der Waals surface area contributed by atoms with Crippen LogP contribution in [0.5, 0.6) is 0 Å². The van der Waals surface area contributed by atoms with E-state index >= 15 is 0 Å². The fraction of sp³-hybridized carbons (Fsp3) is 0.562. The van der Waals surface area contributed by atoms with E-state index in [0.29, 0.717) is 13.0 Å². The largest absolute Gasteiger partial charge is 0.345 e. The average Bonchev–Trinajstić information content (AvgIpc) is 2.88. The lowest BCUT2D eigenvalue weighted by atomic mass is 10.1. The summed E-state index contributed by atoms with van der Waals surface area (Å²) < 4.78 is 0. The number of amides is 2. The Balaban J connectivity index is 1.49. The van der Waals surface area contributed by atoms with E-state index in [-0.39, 0.29) is 17.7 Å². The Morgan fingerprint density at radius 2 is 1.91 bits per heavy atom. The van der Waals surface area contributed by atoms with Crippen LogP contribution in [0.15, 0.2) is 24.5 Å². The maximum absolute atomic E-state index is 12.5. The van der Waals surface area contributed by atoms with Gasteiger partial charge in [0.15, 0.2) is 0 Å². The van der Waals surface area contributed by atoms with E-state index < -0.39 is 0 Å². The van der Waals surface area contributed by atoms with Crippen LogP contribution in [0.3, 0.4) is 0 Å². The van der Waals surface area contributed by atoms with Crippen LogP contribution in [-0.2, 0) is 16.1 Å². The van der Waals surface area contributed by atoms with Gasteiger partial charge in [-0.15, -0.1) is 0 Å². The van der Waals surface area contributed by atoms with Gasteiger partial charge < -0.3 is 9.80 Å². The molecule has 1 aromatic heterocycles. The van der Waals surface area contributed by atoms with Crippen molar-refractivity contribution in [1.29, 1.82) is 0 Å². The van der Waals surface area contributed by atoms with E-state index in [4.69, 9.17) is 0 Å². The highest BCUT2D eigenvalue weighted by Crippen LogP contribution is 2.19. The molecule has 6 heteroatoms.